The Bertz CT molecular complexity index is 346. The molecule has 1 aliphatic rings. The Kier molecular flexibility index (Phi) is 3.41. The van der Waals surface area contributed by atoms with Gasteiger partial charge in [0.15, 0.2) is 0 Å². The standard InChI is InChI=1S/C13H17NO/c14-10-11-6-4-5-9-13(11)15-12-7-2-1-3-8-12/h2,4-7,9,12H,1,3,8,10,14H2. The third kappa shape index (κ3) is 2.60. The summed E-state index contributed by atoms with van der Waals surface area (Å²) in [6.07, 6.45) is 8.07. The van der Waals surface area contributed by atoms with Gasteiger partial charge in [0.05, 0.1) is 0 Å². The van der Waals surface area contributed by atoms with Crippen molar-refractivity contribution in [3.05, 3.63) is 42.0 Å². The van der Waals surface area contributed by atoms with Gasteiger partial charge in [0.1, 0.15) is 11.9 Å². The van der Waals surface area contributed by atoms with Gasteiger partial charge in [0.25, 0.3) is 0 Å². The molecule has 1 atom stereocenters. The van der Waals surface area contributed by atoms with Crippen molar-refractivity contribution in [1.82, 2.24) is 0 Å². The maximum atomic E-state index is 5.91. The average Bonchev–Trinajstić information content (AvgIpc) is 2.31. The Morgan fingerprint density at radius 2 is 2.20 bits per heavy atom. The van der Waals surface area contributed by atoms with E-state index in [9.17, 15) is 0 Å². The second kappa shape index (κ2) is 4.99. The Hall–Kier alpha value is -1.28. The van der Waals surface area contributed by atoms with Crippen LogP contribution in [0.5, 0.6) is 5.75 Å². The fourth-order valence-electron chi connectivity index (χ4n) is 1.83. The van der Waals surface area contributed by atoms with Crippen LogP contribution in [0.3, 0.4) is 0 Å². The number of hydrogen-bond acceptors (Lipinski definition) is 2. The quantitative estimate of drug-likeness (QED) is 0.766. The highest BCUT2D eigenvalue weighted by molar-refractivity contribution is 5.33. The van der Waals surface area contributed by atoms with Crippen molar-refractivity contribution in [1.29, 1.82) is 0 Å². The topological polar surface area (TPSA) is 35.2 Å². The smallest absolute Gasteiger partial charge is 0.124 e. The lowest BCUT2D eigenvalue weighted by Gasteiger charge is -2.20. The van der Waals surface area contributed by atoms with Gasteiger partial charge in [-0.1, -0.05) is 24.3 Å². The highest BCUT2D eigenvalue weighted by Gasteiger charge is 2.11. The van der Waals surface area contributed by atoms with Crippen LogP contribution in [0, 0.1) is 0 Å². The van der Waals surface area contributed by atoms with E-state index in [1.54, 1.807) is 0 Å². The Morgan fingerprint density at radius 3 is 2.93 bits per heavy atom. The minimum atomic E-state index is 0.228. The lowest BCUT2D eigenvalue weighted by atomic mass is 10.1. The van der Waals surface area contributed by atoms with Crippen molar-refractivity contribution in [2.45, 2.75) is 31.9 Å². The third-order valence-corrected chi connectivity index (χ3v) is 2.68. The maximum absolute atomic E-state index is 5.91. The van der Waals surface area contributed by atoms with E-state index < -0.39 is 0 Å². The van der Waals surface area contributed by atoms with Gasteiger partial charge in [-0.2, -0.15) is 0 Å². The molecule has 0 heterocycles. The zero-order valence-corrected chi connectivity index (χ0v) is 8.86. The molecule has 0 fully saturated rings. The van der Waals surface area contributed by atoms with Crippen molar-refractivity contribution < 1.29 is 4.74 Å². The third-order valence-electron chi connectivity index (χ3n) is 2.68. The van der Waals surface area contributed by atoms with Crippen LogP contribution in [-0.2, 0) is 6.54 Å². The SMILES string of the molecule is NCc1ccccc1OC1C=CCCC1. The van der Waals surface area contributed by atoms with Crippen LogP contribution in [0.4, 0.5) is 0 Å². The summed E-state index contributed by atoms with van der Waals surface area (Å²) >= 11 is 0. The monoisotopic (exact) mass is 203 g/mol. The van der Waals surface area contributed by atoms with E-state index in [1.165, 1.54) is 12.8 Å². The molecule has 15 heavy (non-hydrogen) atoms. The van der Waals surface area contributed by atoms with Gasteiger partial charge in [-0.3, -0.25) is 0 Å². The fraction of sp³-hybridized carbons (Fsp3) is 0.385. The molecule has 0 bridgehead atoms. The number of ether oxygens (including phenoxy) is 1. The summed E-state index contributed by atoms with van der Waals surface area (Å²) in [5.74, 6) is 0.927. The molecule has 1 aromatic carbocycles. The molecule has 2 rings (SSSR count). The molecule has 1 aromatic rings. The number of hydrogen-bond donors (Lipinski definition) is 1. The first-order valence-electron chi connectivity index (χ1n) is 5.51. The lowest BCUT2D eigenvalue weighted by molar-refractivity contribution is 0.228. The Labute approximate surface area is 90.7 Å². The fourth-order valence-corrected chi connectivity index (χ4v) is 1.83. The maximum Gasteiger partial charge on any atom is 0.124 e. The molecular formula is C13H17NO. The van der Waals surface area contributed by atoms with Gasteiger partial charge < -0.3 is 10.5 Å². The molecule has 0 spiro atoms. The van der Waals surface area contributed by atoms with E-state index in [0.29, 0.717) is 6.54 Å². The van der Waals surface area contributed by atoms with Crippen LogP contribution in [0.2, 0.25) is 0 Å². The van der Waals surface area contributed by atoms with E-state index in [-0.39, 0.29) is 6.10 Å². The molecule has 0 aromatic heterocycles. The number of benzene rings is 1. The zero-order valence-electron chi connectivity index (χ0n) is 8.86. The van der Waals surface area contributed by atoms with Gasteiger partial charge >= 0.3 is 0 Å². The highest BCUT2D eigenvalue weighted by Crippen LogP contribution is 2.22. The summed E-state index contributed by atoms with van der Waals surface area (Å²) in [5.41, 5.74) is 6.74. The molecule has 0 radical (unpaired) electrons. The van der Waals surface area contributed by atoms with Gasteiger partial charge in [-0.05, 0) is 31.4 Å². The van der Waals surface area contributed by atoms with Crippen LogP contribution < -0.4 is 10.5 Å². The molecule has 2 N–H and O–H groups in total. The average molecular weight is 203 g/mol. The van der Waals surface area contributed by atoms with Crippen LogP contribution in [0.15, 0.2) is 36.4 Å². The molecule has 80 valence electrons. The van der Waals surface area contributed by atoms with Crippen LogP contribution in [0.1, 0.15) is 24.8 Å². The van der Waals surface area contributed by atoms with Crippen molar-refractivity contribution in [2.75, 3.05) is 0 Å². The van der Waals surface area contributed by atoms with Crippen molar-refractivity contribution >= 4 is 0 Å². The van der Waals surface area contributed by atoms with E-state index in [1.807, 2.05) is 24.3 Å². The summed E-state index contributed by atoms with van der Waals surface area (Å²) in [5, 5.41) is 0. The molecule has 0 saturated heterocycles. The summed E-state index contributed by atoms with van der Waals surface area (Å²) in [6.45, 7) is 0.534. The normalized spacial score (nSPS) is 20.2. The lowest BCUT2D eigenvalue weighted by Crippen LogP contribution is -2.16. The van der Waals surface area contributed by atoms with E-state index in [2.05, 4.69) is 12.2 Å². The first-order valence-corrected chi connectivity index (χ1v) is 5.51. The summed E-state index contributed by atoms with van der Waals surface area (Å²) in [7, 11) is 0. The molecule has 0 amide bonds. The zero-order chi connectivity index (χ0) is 10.5. The minimum absolute atomic E-state index is 0.228. The van der Waals surface area contributed by atoms with Crippen LogP contribution in [0.25, 0.3) is 0 Å². The predicted molar refractivity (Wildman–Crippen MR) is 61.7 cm³/mol. The van der Waals surface area contributed by atoms with Gasteiger partial charge in [0, 0.05) is 12.1 Å². The number of nitrogens with two attached hydrogens (primary N) is 1. The molecule has 1 aliphatic carbocycles. The molecule has 2 heteroatoms. The molecular weight excluding hydrogens is 186 g/mol. The van der Waals surface area contributed by atoms with Crippen molar-refractivity contribution in [2.24, 2.45) is 5.73 Å². The molecule has 0 aliphatic heterocycles. The predicted octanol–water partition coefficient (Wildman–Crippen LogP) is 2.63. The largest absolute Gasteiger partial charge is 0.486 e. The Balaban J connectivity index is 2.09. The van der Waals surface area contributed by atoms with Crippen molar-refractivity contribution in [3.8, 4) is 5.75 Å². The number of rotatable bonds is 3. The molecule has 1 unspecified atom stereocenters. The van der Waals surface area contributed by atoms with E-state index in [0.717, 1.165) is 17.7 Å². The number of para-hydroxylation sites is 1. The minimum Gasteiger partial charge on any atom is -0.486 e. The number of allylic oxidation sites excluding steroid dienone is 1. The van der Waals surface area contributed by atoms with Crippen LogP contribution in [-0.4, -0.2) is 6.10 Å². The van der Waals surface area contributed by atoms with E-state index in [4.69, 9.17) is 10.5 Å². The second-order valence-corrected chi connectivity index (χ2v) is 3.83. The van der Waals surface area contributed by atoms with Crippen molar-refractivity contribution in [3.63, 3.8) is 0 Å². The summed E-state index contributed by atoms with van der Waals surface area (Å²) < 4.78 is 5.91. The first kappa shape index (κ1) is 10.2. The first-order chi connectivity index (χ1) is 7.40. The van der Waals surface area contributed by atoms with Gasteiger partial charge in [0.2, 0.25) is 0 Å². The highest BCUT2D eigenvalue weighted by atomic mass is 16.5. The molecule has 2 nitrogen and oxygen atoms in total. The van der Waals surface area contributed by atoms with Crippen LogP contribution >= 0.6 is 0 Å². The summed E-state index contributed by atoms with van der Waals surface area (Å²) in [6, 6.07) is 7.99. The second-order valence-electron chi connectivity index (χ2n) is 3.83. The Morgan fingerprint density at radius 1 is 1.33 bits per heavy atom. The van der Waals surface area contributed by atoms with Gasteiger partial charge in [-0.15, -0.1) is 0 Å². The molecule has 0 saturated carbocycles. The van der Waals surface area contributed by atoms with Gasteiger partial charge in [-0.25, -0.2) is 0 Å². The summed E-state index contributed by atoms with van der Waals surface area (Å²) in [4.78, 5) is 0. The van der Waals surface area contributed by atoms with E-state index >= 15 is 0 Å².